The standard InChI is InChI=1S/C47H29N5/c1-2-10-38-34(7-1)25-41(40-12-4-3-11-39(38)40)43-22-20-33-18-17-32-19-21-42(51-46(32)47(33)52-43)31-15-13-30(14-16-31)37-26-44(35-8-5-23-48-28-35)50-45(27-37)36-9-6-24-49-29-36/h1-29H. The van der Waals surface area contributed by atoms with Gasteiger partial charge in [0.2, 0.25) is 0 Å². The lowest BCUT2D eigenvalue weighted by molar-refractivity contribution is 1.26. The van der Waals surface area contributed by atoms with Crippen molar-refractivity contribution in [2.75, 3.05) is 0 Å². The Morgan fingerprint density at radius 2 is 0.865 bits per heavy atom. The highest BCUT2D eigenvalue weighted by molar-refractivity contribution is 6.14. The molecule has 5 heteroatoms. The van der Waals surface area contributed by atoms with E-state index in [9.17, 15) is 0 Å². The van der Waals surface area contributed by atoms with Crippen LogP contribution < -0.4 is 0 Å². The Labute approximate surface area is 300 Å². The van der Waals surface area contributed by atoms with Gasteiger partial charge in [0.05, 0.1) is 33.8 Å². The summed E-state index contributed by atoms with van der Waals surface area (Å²) in [6.07, 6.45) is 7.25. The summed E-state index contributed by atoms with van der Waals surface area (Å²) in [5, 5.41) is 6.99. The van der Waals surface area contributed by atoms with Gasteiger partial charge in [-0.1, -0.05) is 97.1 Å². The Kier molecular flexibility index (Phi) is 7.07. The van der Waals surface area contributed by atoms with Gasteiger partial charge in [-0.15, -0.1) is 0 Å². The monoisotopic (exact) mass is 663 g/mol. The van der Waals surface area contributed by atoms with E-state index in [2.05, 4.69) is 137 Å². The van der Waals surface area contributed by atoms with Gasteiger partial charge in [0.25, 0.3) is 0 Å². The van der Waals surface area contributed by atoms with Crippen LogP contribution in [0.1, 0.15) is 0 Å². The maximum atomic E-state index is 5.31. The summed E-state index contributed by atoms with van der Waals surface area (Å²) in [6, 6.07) is 53.0. The molecule has 52 heavy (non-hydrogen) atoms. The summed E-state index contributed by atoms with van der Waals surface area (Å²) in [5.41, 5.74) is 11.6. The lowest BCUT2D eigenvalue weighted by atomic mass is 9.95. The molecule has 5 aromatic carbocycles. The van der Waals surface area contributed by atoms with E-state index in [1.807, 2.05) is 36.7 Å². The van der Waals surface area contributed by atoms with Crippen LogP contribution in [-0.2, 0) is 0 Å². The summed E-state index contributed by atoms with van der Waals surface area (Å²) in [7, 11) is 0. The van der Waals surface area contributed by atoms with E-state index in [1.54, 1.807) is 12.4 Å². The second-order valence-electron chi connectivity index (χ2n) is 13.0. The lowest BCUT2D eigenvalue weighted by Crippen LogP contribution is -1.93. The zero-order valence-corrected chi connectivity index (χ0v) is 28.0. The number of hydrogen-bond donors (Lipinski definition) is 0. The average Bonchev–Trinajstić information content (AvgIpc) is 3.23. The molecule has 10 rings (SSSR count). The van der Waals surface area contributed by atoms with Crippen LogP contribution in [0.2, 0.25) is 0 Å². The van der Waals surface area contributed by atoms with Gasteiger partial charge in [-0.3, -0.25) is 9.97 Å². The van der Waals surface area contributed by atoms with Gasteiger partial charge in [0.1, 0.15) is 0 Å². The molecule has 0 atom stereocenters. The number of benzene rings is 5. The molecule has 5 aromatic heterocycles. The normalized spacial score (nSPS) is 11.5. The first-order valence-corrected chi connectivity index (χ1v) is 17.3. The summed E-state index contributed by atoms with van der Waals surface area (Å²) in [5.74, 6) is 0. The fraction of sp³-hybridized carbons (Fsp3) is 0. The van der Waals surface area contributed by atoms with Crippen molar-refractivity contribution in [3.63, 3.8) is 0 Å². The SMILES string of the molecule is c1cncc(-c2cc(-c3ccc(-c4ccc5ccc6ccc(-c7cc8ccccc8c8ccccc78)nc6c5n4)cc3)cc(-c3cccnc3)n2)c1. The quantitative estimate of drug-likeness (QED) is 0.171. The molecule has 0 saturated heterocycles. The molecule has 0 bridgehead atoms. The molecule has 0 aliphatic rings. The molecular formula is C47H29N5. The number of hydrogen-bond acceptors (Lipinski definition) is 5. The maximum Gasteiger partial charge on any atom is 0.0972 e. The molecule has 5 heterocycles. The zero-order valence-electron chi connectivity index (χ0n) is 28.0. The first-order valence-electron chi connectivity index (χ1n) is 17.3. The van der Waals surface area contributed by atoms with Crippen LogP contribution in [0.3, 0.4) is 0 Å². The number of pyridine rings is 5. The van der Waals surface area contributed by atoms with E-state index in [-0.39, 0.29) is 0 Å². The minimum absolute atomic E-state index is 0.861. The Balaban J connectivity index is 1.06. The third-order valence-corrected chi connectivity index (χ3v) is 9.82. The molecule has 0 radical (unpaired) electrons. The highest BCUT2D eigenvalue weighted by atomic mass is 14.8. The van der Waals surface area contributed by atoms with Crippen molar-refractivity contribution >= 4 is 43.4 Å². The number of nitrogens with zero attached hydrogens (tertiary/aromatic N) is 5. The van der Waals surface area contributed by atoms with Gasteiger partial charge in [-0.05, 0) is 87.3 Å². The minimum atomic E-state index is 0.861. The van der Waals surface area contributed by atoms with Gasteiger partial charge in [0, 0.05) is 57.8 Å². The summed E-state index contributed by atoms with van der Waals surface area (Å²) < 4.78 is 0. The van der Waals surface area contributed by atoms with Gasteiger partial charge in [0.15, 0.2) is 0 Å². The number of rotatable bonds is 5. The van der Waals surface area contributed by atoms with Crippen molar-refractivity contribution in [2.45, 2.75) is 0 Å². The molecule has 242 valence electrons. The van der Waals surface area contributed by atoms with Gasteiger partial charge >= 0.3 is 0 Å². The van der Waals surface area contributed by atoms with Crippen molar-refractivity contribution in [3.05, 3.63) is 176 Å². The molecule has 0 spiro atoms. The zero-order chi connectivity index (χ0) is 34.4. The first kappa shape index (κ1) is 29.8. The third kappa shape index (κ3) is 5.24. The van der Waals surface area contributed by atoms with E-state index >= 15 is 0 Å². The van der Waals surface area contributed by atoms with Crippen LogP contribution in [-0.4, -0.2) is 24.9 Å². The van der Waals surface area contributed by atoms with E-state index in [4.69, 9.17) is 15.0 Å². The van der Waals surface area contributed by atoms with Crippen molar-refractivity contribution in [2.24, 2.45) is 0 Å². The molecule has 5 nitrogen and oxygen atoms in total. The van der Waals surface area contributed by atoms with Gasteiger partial charge in [-0.25, -0.2) is 15.0 Å². The Hall–Kier alpha value is -7.11. The maximum absolute atomic E-state index is 5.31. The molecule has 0 N–H and O–H groups in total. The average molecular weight is 664 g/mol. The molecule has 0 amide bonds. The molecule has 0 fully saturated rings. The Morgan fingerprint density at radius 3 is 1.52 bits per heavy atom. The summed E-state index contributed by atoms with van der Waals surface area (Å²) >= 11 is 0. The van der Waals surface area contributed by atoms with Crippen LogP contribution >= 0.6 is 0 Å². The van der Waals surface area contributed by atoms with Crippen LogP contribution in [0, 0.1) is 0 Å². The van der Waals surface area contributed by atoms with Crippen LogP contribution in [0.15, 0.2) is 176 Å². The largest absolute Gasteiger partial charge is 0.264 e. The summed E-state index contributed by atoms with van der Waals surface area (Å²) in [6.45, 7) is 0. The highest BCUT2D eigenvalue weighted by Gasteiger charge is 2.14. The molecule has 0 aliphatic heterocycles. The Bertz CT molecular complexity index is 2880. The number of fused-ring (bicyclic) bond motifs is 6. The lowest BCUT2D eigenvalue weighted by Gasteiger charge is -2.12. The molecule has 0 unspecified atom stereocenters. The first-order chi connectivity index (χ1) is 25.7. The fourth-order valence-corrected chi connectivity index (χ4v) is 7.20. The fourth-order valence-electron chi connectivity index (χ4n) is 7.20. The third-order valence-electron chi connectivity index (χ3n) is 9.82. The van der Waals surface area contributed by atoms with Gasteiger partial charge in [-0.2, -0.15) is 0 Å². The van der Waals surface area contributed by atoms with Crippen LogP contribution in [0.5, 0.6) is 0 Å². The van der Waals surface area contributed by atoms with Crippen molar-refractivity contribution < 1.29 is 0 Å². The second kappa shape index (κ2) is 12.3. The molecule has 0 saturated carbocycles. The smallest absolute Gasteiger partial charge is 0.0972 e. The predicted molar refractivity (Wildman–Crippen MR) is 213 cm³/mol. The van der Waals surface area contributed by atoms with E-state index in [0.29, 0.717) is 0 Å². The number of aromatic nitrogens is 5. The molecule has 10 aromatic rings. The van der Waals surface area contributed by atoms with Crippen molar-refractivity contribution in [1.82, 2.24) is 24.9 Å². The second-order valence-corrected chi connectivity index (χ2v) is 13.0. The van der Waals surface area contributed by atoms with Crippen molar-refractivity contribution in [3.8, 4) is 56.2 Å². The van der Waals surface area contributed by atoms with Crippen LogP contribution in [0.25, 0.3) is 99.5 Å². The Morgan fingerprint density at radius 1 is 0.308 bits per heavy atom. The summed E-state index contributed by atoms with van der Waals surface area (Å²) in [4.78, 5) is 24.2. The predicted octanol–water partition coefficient (Wildman–Crippen LogP) is 11.6. The van der Waals surface area contributed by atoms with Crippen molar-refractivity contribution in [1.29, 1.82) is 0 Å². The van der Waals surface area contributed by atoms with E-state index < -0.39 is 0 Å². The molecular weight excluding hydrogens is 635 g/mol. The van der Waals surface area contributed by atoms with E-state index in [1.165, 1.54) is 21.5 Å². The highest BCUT2D eigenvalue weighted by Crippen LogP contribution is 2.36. The topological polar surface area (TPSA) is 64.5 Å². The molecule has 0 aliphatic carbocycles. The van der Waals surface area contributed by atoms with E-state index in [0.717, 1.165) is 78.0 Å². The van der Waals surface area contributed by atoms with Crippen LogP contribution in [0.4, 0.5) is 0 Å². The minimum Gasteiger partial charge on any atom is -0.264 e. The van der Waals surface area contributed by atoms with Gasteiger partial charge < -0.3 is 0 Å².